The van der Waals surface area contributed by atoms with E-state index in [0.29, 0.717) is 22.6 Å². The van der Waals surface area contributed by atoms with E-state index in [0.717, 1.165) is 27.7 Å². The van der Waals surface area contributed by atoms with Crippen molar-refractivity contribution in [1.82, 2.24) is 4.90 Å². The van der Waals surface area contributed by atoms with Crippen molar-refractivity contribution in [3.63, 3.8) is 0 Å². The van der Waals surface area contributed by atoms with E-state index in [1.54, 1.807) is 30.5 Å². The minimum Gasteiger partial charge on any atom is -0.485 e. The van der Waals surface area contributed by atoms with E-state index in [4.69, 9.17) is 26.8 Å². The maximum Gasteiger partial charge on any atom is 0.573 e. The van der Waals surface area contributed by atoms with Crippen molar-refractivity contribution in [2.75, 3.05) is 12.8 Å². The highest BCUT2D eigenvalue weighted by atomic mass is 32.2. The van der Waals surface area contributed by atoms with Crippen LogP contribution in [0, 0.1) is 0 Å². The quantitative estimate of drug-likeness (QED) is 0.167. The molecule has 41 heavy (non-hydrogen) atoms. The first-order valence-electron chi connectivity index (χ1n) is 12.1. The Hall–Kier alpha value is -4.03. The third-order valence-electron chi connectivity index (χ3n) is 5.51. The number of carboxylic acid groups (broad SMARTS) is 1. The van der Waals surface area contributed by atoms with Gasteiger partial charge in [0.25, 0.3) is 5.91 Å². The van der Waals surface area contributed by atoms with Gasteiger partial charge < -0.3 is 19.3 Å². The number of ether oxygens (including phenoxy) is 3. The molecule has 0 fully saturated rings. The van der Waals surface area contributed by atoms with E-state index < -0.39 is 24.8 Å². The summed E-state index contributed by atoms with van der Waals surface area (Å²) in [6.07, 6.45) is -1.89. The third-order valence-corrected chi connectivity index (χ3v) is 6.50. The largest absolute Gasteiger partial charge is 0.573 e. The number of hydrogen-bond acceptors (Lipinski definition) is 7. The van der Waals surface area contributed by atoms with Crippen LogP contribution in [0.3, 0.4) is 0 Å². The van der Waals surface area contributed by atoms with E-state index in [9.17, 15) is 22.8 Å². The number of thiocarbonyl (C=S) groups is 1. The molecule has 0 spiro atoms. The number of aliphatic carboxylic acids is 1. The van der Waals surface area contributed by atoms with Crippen LogP contribution in [0.5, 0.6) is 17.2 Å². The van der Waals surface area contributed by atoms with Crippen LogP contribution in [0.2, 0.25) is 0 Å². The summed E-state index contributed by atoms with van der Waals surface area (Å²) in [5.74, 6) is -1.38. The van der Waals surface area contributed by atoms with Crippen LogP contribution in [0.1, 0.15) is 29.7 Å². The standard InChI is InChI=1S/C29H26F3NO6S2/c1-19(22-6-4-3-5-7-22)38-25-14-21(15-26(41-2)28(36)33(18-40)16-27(34)35)10-13-24(25)37-17-20-8-11-23(12-9-20)39-29(30,31)32/h3-15,18-19H,16-17H2,1-2H3,(H,34,35)/b26-15-/t19-/m1/s1. The Morgan fingerprint density at radius 3 is 2.32 bits per heavy atom. The lowest BCUT2D eigenvalue weighted by Gasteiger charge is -2.19. The van der Waals surface area contributed by atoms with Crippen LogP contribution in [0.4, 0.5) is 13.2 Å². The number of amides is 1. The molecule has 216 valence electrons. The molecule has 0 aliphatic carbocycles. The van der Waals surface area contributed by atoms with Gasteiger partial charge >= 0.3 is 12.3 Å². The van der Waals surface area contributed by atoms with Gasteiger partial charge in [0.2, 0.25) is 0 Å². The molecular formula is C29H26F3NO6S2. The summed E-state index contributed by atoms with van der Waals surface area (Å²) in [6, 6.07) is 19.8. The molecule has 0 heterocycles. The predicted octanol–water partition coefficient (Wildman–Crippen LogP) is 6.88. The van der Waals surface area contributed by atoms with Crippen LogP contribution in [-0.2, 0) is 16.2 Å². The number of carbonyl (C=O) groups is 2. The van der Waals surface area contributed by atoms with E-state index >= 15 is 0 Å². The number of nitrogens with zero attached hydrogens (tertiary/aromatic N) is 1. The van der Waals surface area contributed by atoms with Crippen molar-refractivity contribution in [3.05, 3.63) is 94.4 Å². The lowest BCUT2D eigenvalue weighted by molar-refractivity contribution is -0.274. The van der Waals surface area contributed by atoms with Crippen molar-refractivity contribution in [1.29, 1.82) is 0 Å². The highest BCUT2D eigenvalue weighted by Gasteiger charge is 2.31. The molecule has 1 N–H and O–H groups in total. The number of rotatable bonds is 13. The van der Waals surface area contributed by atoms with Crippen molar-refractivity contribution >= 4 is 47.4 Å². The zero-order chi connectivity index (χ0) is 30.0. The number of thioether (sulfide) groups is 1. The van der Waals surface area contributed by atoms with Gasteiger partial charge in [0, 0.05) is 0 Å². The van der Waals surface area contributed by atoms with E-state index in [1.807, 2.05) is 37.3 Å². The van der Waals surface area contributed by atoms with E-state index in [-0.39, 0.29) is 23.4 Å². The molecule has 0 radical (unpaired) electrons. The topological polar surface area (TPSA) is 85.3 Å². The molecule has 0 unspecified atom stereocenters. The van der Waals surface area contributed by atoms with Crippen LogP contribution in [-0.4, -0.2) is 46.5 Å². The normalized spacial score (nSPS) is 12.3. The monoisotopic (exact) mass is 605 g/mol. The second-order valence-electron chi connectivity index (χ2n) is 8.50. The summed E-state index contributed by atoms with van der Waals surface area (Å²) in [6.45, 7) is 1.32. The molecule has 0 aliphatic rings. The number of alkyl halides is 3. The van der Waals surface area contributed by atoms with Gasteiger partial charge in [0.15, 0.2) is 11.5 Å². The summed E-state index contributed by atoms with van der Waals surface area (Å²) < 4.78 is 53.5. The molecule has 1 amide bonds. The fourth-order valence-corrected chi connectivity index (χ4v) is 4.28. The van der Waals surface area contributed by atoms with E-state index in [1.165, 1.54) is 24.3 Å². The lowest BCUT2D eigenvalue weighted by atomic mass is 10.1. The molecule has 0 saturated heterocycles. The van der Waals surface area contributed by atoms with Crippen molar-refractivity contribution < 1.29 is 42.1 Å². The molecule has 0 aromatic heterocycles. The fraction of sp³-hybridized carbons (Fsp3) is 0.207. The molecule has 12 heteroatoms. The van der Waals surface area contributed by atoms with Crippen LogP contribution >= 0.6 is 24.0 Å². The summed E-state index contributed by atoms with van der Waals surface area (Å²) in [5.41, 5.74) is 3.08. The molecule has 3 aromatic carbocycles. The molecule has 0 aliphatic heterocycles. The third kappa shape index (κ3) is 9.83. The van der Waals surface area contributed by atoms with Gasteiger partial charge in [0.05, 0.1) is 10.4 Å². The number of carbonyl (C=O) groups excluding carboxylic acids is 1. The molecule has 7 nitrogen and oxygen atoms in total. The zero-order valence-corrected chi connectivity index (χ0v) is 23.6. The van der Waals surface area contributed by atoms with Gasteiger partial charge in [-0.3, -0.25) is 14.5 Å². The maximum atomic E-state index is 12.9. The minimum absolute atomic E-state index is 0.0327. The number of halogens is 3. The lowest BCUT2D eigenvalue weighted by Crippen LogP contribution is -2.34. The van der Waals surface area contributed by atoms with Gasteiger partial charge in [-0.2, -0.15) is 0 Å². The average molecular weight is 606 g/mol. The Morgan fingerprint density at radius 1 is 1.05 bits per heavy atom. The molecular weight excluding hydrogens is 579 g/mol. The number of benzene rings is 3. The van der Waals surface area contributed by atoms with E-state index in [2.05, 4.69) is 4.74 Å². The first kappa shape index (κ1) is 31.5. The number of carboxylic acids is 1. The molecule has 0 saturated carbocycles. The first-order chi connectivity index (χ1) is 19.5. The van der Waals surface area contributed by atoms with Crippen LogP contribution in [0.15, 0.2) is 77.7 Å². The van der Waals surface area contributed by atoms with Crippen molar-refractivity contribution in [2.24, 2.45) is 0 Å². The van der Waals surface area contributed by atoms with Gasteiger partial charge in [-0.15, -0.1) is 24.9 Å². The molecule has 3 rings (SSSR count). The van der Waals surface area contributed by atoms with Gasteiger partial charge in [-0.25, -0.2) is 0 Å². The molecule has 0 bridgehead atoms. The Kier molecular flexibility index (Phi) is 11.2. The zero-order valence-electron chi connectivity index (χ0n) is 22.0. The SMILES string of the molecule is CS/C(=C\c1ccc(OCc2ccc(OC(F)(F)F)cc2)c(O[C@H](C)c2ccccc2)c1)C(=O)N(C=S)CC(=O)O. The molecule has 3 aromatic rings. The van der Waals surface area contributed by atoms with Crippen molar-refractivity contribution in [3.8, 4) is 17.2 Å². The minimum atomic E-state index is -4.78. The average Bonchev–Trinajstić information content (AvgIpc) is 2.94. The van der Waals surface area contributed by atoms with Crippen LogP contribution < -0.4 is 14.2 Å². The summed E-state index contributed by atoms with van der Waals surface area (Å²) >= 11 is 5.95. The summed E-state index contributed by atoms with van der Waals surface area (Å²) in [5, 5.41) is 9.08. The summed E-state index contributed by atoms with van der Waals surface area (Å²) in [7, 11) is 0. The fourth-order valence-electron chi connectivity index (χ4n) is 3.56. The first-order valence-corrected chi connectivity index (χ1v) is 13.8. The second kappa shape index (κ2) is 14.6. The second-order valence-corrected chi connectivity index (χ2v) is 9.56. The smallest absolute Gasteiger partial charge is 0.485 e. The Labute approximate surface area is 244 Å². The Bertz CT molecular complexity index is 1380. The number of hydrogen-bond donors (Lipinski definition) is 1. The Morgan fingerprint density at radius 2 is 1.73 bits per heavy atom. The van der Waals surface area contributed by atoms with Gasteiger partial charge in [-0.05, 0) is 60.2 Å². The van der Waals surface area contributed by atoms with Crippen LogP contribution in [0.25, 0.3) is 6.08 Å². The summed E-state index contributed by atoms with van der Waals surface area (Å²) in [4.78, 5) is 25.2. The highest BCUT2D eigenvalue weighted by Crippen LogP contribution is 2.34. The van der Waals surface area contributed by atoms with Crippen molar-refractivity contribution in [2.45, 2.75) is 26.0 Å². The highest BCUT2D eigenvalue weighted by molar-refractivity contribution is 8.03. The molecule has 1 atom stereocenters. The predicted molar refractivity (Wildman–Crippen MR) is 154 cm³/mol. The van der Waals surface area contributed by atoms with Gasteiger partial charge in [0.1, 0.15) is 25.0 Å². The van der Waals surface area contributed by atoms with Gasteiger partial charge in [-0.1, -0.05) is 60.7 Å². The Balaban J connectivity index is 1.88. The maximum absolute atomic E-state index is 12.9.